The fourth-order valence-electron chi connectivity index (χ4n) is 2.32. The molecule has 0 spiro atoms. The largest absolute Gasteiger partial charge is 0.310 e. The Morgan fingerprint density at radius 1 is 1.19 bits per heavy atom. The van der Waals surface area contributed by atoms with E-state index in [0.29, 0.717) is 22.2 Å². The van der Waals surface area contributed by atoms with Gasteiger partial charge in [-0.2, -0.15) is 0 Å². The molecule has 1 nitrogen and oxygen atoms in total. The summed E-state index contributed by atoms with van der Waals surface area (Å²) in [7, 11) is 0. The van der Waals surface area contributed by atoms with E-state index in [1.807, 2.05) is 6.07 Å². The van der Waals surface area contributed by atoms with Crippen molar-refractivity contribution in [3.63, 3.8) is 0 Å². The molecule has 4 heteroatoms. The quantitative estimate of drug-likeness (QED) is 0.852. The molecule has 2 aromatic carbocycles. The number of rotatable bonds is 4. The van der Waals surface area contributed by atoms with Crippen molar-refractivity contribution in [2.75, 3.05) is 0 Å². The number of benzene rings is 2. The van der Waals surface area contributed by atoms with Gasteiger partial charge in [-0.15, -0.1) is 0 Å². The molecule has 0 atom stereocenters. The molecule has 110 valence electrons. The lowest BCUT2D eigenvalue weighted by atomic mass is 10.0. The molecule has 2 aromatic rings. The Morgan fingerprint density at radius 3 is 2.62 bits per heavy atom. The monoisotopic (exact) mass is 307 g/mol. The van der Waals surface area contributed by atoms with E-state index in [2.05, 4.69) is 5.32 Å². The molecule has 0 aromatic heterocycles. The zero-order valence-corrected chi connectivity index (χ0v) is 12.5. The first-order chi connectivity index (χ1) is 10.1. The van der Waals surface area contributed by atoms with Gasteiger partial charge in [-0.1, -0.05) is 29.8 Å². The van der Waals surface area contributed by atoms with Gasteiger partial charge in [-0.05, 0) is 43.0 Å². The number of hydrogen-bond acceptors (Lipinski definition) is 1. The first-order valence-corrected chi connectivity index (χ1v) is 7.41. The molecule has 0 bridgehead atoms. The zero-order chi connectivity index (χ0) is 15.0. The zero-order valence-electron chi connectivity index (χ0n) is 11.7. The Balaban J connectivity index is 1.93. The lowest BCUT2D eigenvalue weighted by molar-refractivity contribution is 0.584. The minimum absolute atomic E-state index is 0.0540. The van der Waals surface area contributed by atoms with E-state index in [4.69, 9.17) is 11.6 Å². The van der Waals surface area contributed by atoms with Gasteiger partial charge in [0, 0.05) is 23.2 Å². The topological polar surface area (TPSA) is 12.0 Å². The third-order valence-corrected chi connectivity index (χ3v) is 4.07. The summed E-state index contributed by atoms with van der Waals surface area (Å²) in [5.74, 6) is -1.15. The van der Waals surface area contributed by atoms with Crippen molar-refractivity contribution in [1.82, 2.24) is 5.32 Å². The van der Waals surface area contributed by atoms with Gasteiger partial charge in [0.1, 0.15) is 11.6 Å². The summed E-state index contributed by atoms with van der Waals surface area (Å²) in [6, 6.07) is 8.62. The van der Waals surface area contributed by atoms with Gasteiger partial charge in [-0.25, -0.2) is 8.78 Å². The van der Waals surface area contributed by atoms with Crippen LogP contribution in [0.2, 0.25) is 5.02 Å². The predicted molar refractivity (Wildman–Crippen MR) is 81.4 cm³/mol. The Bertz CT molecular complexity index is 681. The molecule has 0 saturated heterocycles. The van der Waals surface area contributed by atoms with Gasteiger partial charge in [-0.3, -0.25) is 0 Å². The highest BCUT2D eigenvalue weighted by Crippen LogP contribution is 2.34. The summed E-state index contributed by atoms with van der Waals surface area (Å²) in [5.41, 5.74) is 1.76. The molecular formula is C17H16ClF2N. The van der Waals surface area contributed by atoms with Crippen molar-refractivity contribution in [3.05, 3.63) is 58.1 Å². The first kappa shape index (κ1) is 14.5. The van der Waals surface area contributed by atoms with E-state index in [-0.39, 0.29) is 5.56 Å². The molecule has 1 N–H and O–H groups in total. The molecule has 0 radical (unpaired) electrons. The molecule has 0 aliphatic heterocycles. The van der Waals surface area contributed by atoms with Gasteiger partial charge in [0.05, 0.1) is 5.56 Å². The summed E-state index contributed by atoms with van der Waals surface area (Å²) >= 11 is 6.23. The molecule has 0 amide bonds. The second kappa shape index (κ2) is 5.74. The third kappa shape index (κ3) is 3.09. The highest BCUT2D eigenvalue weighted by molar-refractivity contribution is 6.33. The average Bonchev–Trinajstić information content (AvgIpc) is 3.27. The smallest absolute Gasteiger partial charge is 0.136 e. The molecular weight excluding hydrogens is 292 g/mol. The van der Waals surface area contributed by atoms with E-state index in [0.717, 1.165) is 12.1 Å². The number of halogens is 3. The lowest BCUT2D eigenvalue weighted by Crippen LogP contribution is -2.15. The maximum absolute atomic E-state index is 14.2. The second-order valence-corrected chi connectivity index (χ2v) is 5.93. The van der Waals surface area contributed by atoms with Crippen LogP contribution >= 0.6 is 11.6 Å². The van der Waals surface area contributed by atoms with E-state index >= 15 is 0 Å². The Morgan fingerprint density at radius 2 is 1.95 bits per heavy atom. The van der Waals surface area contributed by atoms with E-state index in [1.165, 1.54) is 25.0 Å². The highest BCUT2D eigenvalue weighted by Gasteiger charge is 2.20. The number of aryl methyl sites for hydroxylation is 1. The van der Waals surface area contributed by atoms with Crippen molar-refractivity contribution in [2.24, 2.45) is 0 Å². The minimum atomic E-state index is -0.594. The van der Waals surface area contributed by atoms with Crippen LogP contribution < -0.4 is 5.32 Å². The number of hydrogen-bond donors (Lipinski definition) is 1. The van der Waals surface area contributed by atoms with E-state index in [1.54, 1.807) is 19.1 Å². The Kier molecular flexibility index (Phi) is 3.96. The summed E-state index contributed by atoms with van der Waals surface area (Å²) in [6.07, 6.45) is 2.43. The van der Waals surface area contributed by atoms with Crippen LogP contribution in [0.3, 0.4) is 0 Å². The maximum Gasteiger partial charge on any atom is 0.136 e. The van der Waals surface area contributed by atoms with Crippen LogP contribution in [0.5, 0.6) is 0 Å². The summed E-state index contributed by atoms with van der Waals surface area (Å²) in [4.78, 5) is 0. The van der Waals surface area contributed by atoms with Gasteiger partial charge in [0.15, 0.2) is 0 Å². The highest BCUT2D eigenvalue weighted by atomic mass is 35.5. The SMILES string of the molecule is Cc1ccc(F)c(-c2ccc(CNC3CC3)cc2Cl)c1F. The molecule has 0 unspecified atom stereocenters. The molecule has 0 heterocycles. The predicted octanol–water partition coefficient (Wildman–Crippen LogP) is 4.85. The van der Waals surface area contributed by atoms with Crippen molar-refractivity contribution in [3.8, 4) is 11.1 Å². The van der Waals surface area contributed by atoms with Crippen molar-refractivity contribution in [1.29, 1.82) is 0 Å². The molecule has 1 aliphatic carbocycles. The van der Waals surface area contributed by atoms with Crippen LogP contribution in [0, 0.1) is 18.6 Å². The average molecular weight is 308 g/mol. The molecule has 1 fully saturated rings. The van der Waals surface area contributed by atoms with Gasteiger partial charge >= 0.3 is 0 Å². The van der Waals surface area contributed by atoms with Crippen molar-refractivity contribution < 1.29 is 8.78 Å². The van der Waals surface area contributed by atoms with Crippen LogP contribution in [0.15, 0.2) is 30.3 Å². The van der Waals surface area contributed by atoms with Crippen LogP contribution in [0.1, 0.15) is 24.0 Å². The van der Waals surface area contributed by atoms with Crippen LogP contribution in [-0.4, -0.2) is 6.04 Å². The fraction of sp³-hybridized carbons (Fsp3) is 0.294. The van der Waals surface area contributed by atoms with E-state index < -0.39 is 11.6 Å². The molecule has 3 rings (SSSR count). The maximum atomic E-state index is 14.2. The Hall–Kier alpha value is -1.45. The van der Waals surface area contributed by atoms with Gasteiger partial charge in [0.2, 0.25) is 0 Å². The van der Waals surface area contributed by atoms with Crippen LogP contribution in [0.4, 0.5) is 8.78 Å². The third-order valence-electron chi connectivity index (χ3n) is 3.76. The van der Waals surface area contributed by atoms with Gasteiger partial charge in [0.25, 0.3) is 0 Å². The number of nitrogens with one attached hydrogen (secondary N) is 1. The van der Waals surface area contributed by atoms with Crippen molar-refractivity contribution in [2.45, 2.75) is 32.4 Å². The fourth-order valence-corrected chi connectivity index (χ4v) is 2.62. The van der Waals surface area contributed by atoms with E-state index in [9.17, 15) is 8.78 Å². The summed E-state index contributed by atoms with van der Waals surface area (Å²) in [6.45, 7) is 2.34. The Labute approximate surface area is 127 Å². The summed E-state index contributed by atoms with van der Waals surface area (Å²) in [5, 5.41) is 3.75. The van der Waals surface area contributed by atoms with Crippen LogP contribution in [0.25, 0.3) is 11.1 Å². The molecule has 21 heavy (non-hydrogen) atoms. The summed E-state index contributed by atoms with van der Waals surface area (Å²) < 4.78 is 28.1. The molecule has 1 aliphatic rings. The van der Waals surface area contributed by atoms with Crippen LogP contribution in [-0.2, 0) is 6.54 Å². The molecule has 1 saturated carbocycles. The minimum Gasteiger partial charge on any atom is -0.310 e. The standard InChI is InChI=1S/C17H16ClF2N/c1-10-2-7-15(19)16(17(10)20)13-6-3-11(8-14(13)18)9-21-12-4-5-12/h2-3,6-8,12,21H,4-5,9H2,1H3. The first-order valence-electron chi connectivity index (χ1n) is 7.03. The lowest BCUT2D eigenvalue weighted by Gasteiger charge is -2.11. The van der Waals surface area contributed by atoms with Crippen molar-refractivity contribution >= 4 is 11.6 Å². The van der Waals surface area contributed by atoms with Gasteiger partial charge < -0.3 is 5.32 Å². The normalized spacial score (nSPS) is 14.5. The second-order valence-electron chi connectivity index (χ2n) is 5.52.